The predicted molar refractivity (Wildman–Crippen MR) is 68.4 cm³/mol. The van der Waals surface area contributed by atoms with E-state index in [1.807, 2.05) is 11.3 Å². The van der Waals surface area contributed by atoms with Gasteiger partial charge in [0.15, 0.2) is 0 Å². The van der Waals surface area contributed by atoms with E-state index in [9.17, 15) is 0 Å². The minimum Gasteiger partial charge on any atom is -0.328 e. The normalized spacial score (nSPS) is 13.2. The highest BCUT2D eigenvalue weighted by molar-refractivity contribution is 7.17. The molecular weight excluding hydrogens is 202 g/mol. The molecule has 80 valence electrons. The van der Waals surface area contributed by atoms with Crippen LogP contribution >= 0.6 is 11.3 Å². The fourth-order valence-electron chi connectivity index (χ4n) is 1.80. The van der Waals surface area contributed by atoms with E-state index in [-0.39, 0.29) is 0 Å². The van der Waals surface area contributed by atoms with Gasteiger partial charge in [-0.15, -0.1) is 11.3 Å². The molecule has 1 aromatic carbocycles. The molecule has 0 radical (unpaired) electrons. The van der Waals surface area contributed by atoms with Gasteiger partial charge in [-0.2, -0.15) is 0 Å². The molecule has 1 aromatic heterocycles. The van der Waals surface area contributed by atoms with E-state index in [0.717, 1.165) is 19.3 Å². The number of rotatable bonds is 4. The van der Waals surface area contributed by atoms with Crippen molar-refractivity contribution in [1.29, 1.82) is 0 Å². The number of aryl methyl sites for hydroxylation is 1. The summed E-state index contributed by atoms with van der Waals surface area (Å²) in [5.74, 6) is 0. The quantitative estimate of drug-likeness (QED) is 0.836. The molecule has 0 saturated heterocycles. The van der Waals surface area contributed by atoms with Crippen molar-refractivity contribution in [1.82, 2.24) is 0 Å². The lowest BCUT2D eigenvalue weighted by atomic mass is 10.0. The zero-order valence-corrected chi connectivity index (χ0v) is 9.89. The van der Waals surface area contributed by atoms with E-state index in [1.54, 1.807) is 0 Å². The van der Waals surface area contributed by atoms with Crippen LogP contribution in [0.5, 0.6) is 0 Å². The van der Waals surface area contributed by atoms with Crippen LogP contribution in [-0.2, 0) is 6.42 Å². The van der Waals surface area contributed by atoms with Gasteiger partial charge in [0.25, 0.3) is 0 Å². The molecule has 2 N–H and O–H groups in total. The molecule has 2 heteroatoms. The van der Waals surface area contributed by atoms with Gasteiger partial charge < -0.3 is 5.73 Å². The summed E-state index contributed by atoms with van der Waals surface area (Å²) in [6, 6.07) is 9.07. The van der Waals surface area contributed by atoms with E-state index >= 15 is 0 Å². The van der Waals surface area contributed by atoms with Crippen LogP contribution in [0.1, 0.15) is 25.3 Å². The van der Waals surface area contributed by atoms with E-state index in [0.29, 0.717) is 6.04 Å². The largest absolute Gasteiger partial charge is 0.328 e. The first-order valence-electron chi connectivity index (χ1n) is 5.52. The smallest absolute Gasteiger partial charge is 0.0374 e. The van der Waals surface area contributed by atoms with Gasteiger partial charge in [0.2, 0.25) is 0 Å². The number of benzene rings is 1. The molecule has 0 bridgehead atoms. The molecule has 0 aliphatic carbocycles. The number of hydrogen-bond acceptors (Lipinski definition) is 2. The van der Waals surface area contributed by atoms with Gasteiger partial charge in [-0.05, 0) is 41.7 Å². The van der Waals surface area contributed by atoms with E-state index < -0.39 is 0 Å². The number of hydrogen-bond donors (Lipinski definition) is 1. The molecule has 0 saturated carbocycles. The van der Waals surface area contributed by atoms with Crippen LogP contribution in [-0.4, -0.2) is 6.04 Å². The third kappa shape index (κ3) is 2.39. The molecule has 15 heavy (non-hydrogen) atoms. The molecule has 0 amide bonds. The summed E-state index contributed by atoms with van der Waals surface area (Å²) in [6.45, 7) is 2.15. The highest BCUT2D eigenvalue weighted by Crippen LogP contribution is 2.25. The Bertz CT molecular complexity index is 433. The summed E-state index contributed by atoms with van der Waals surface area (Å²) in [5, 5.41) is 3.52. The fourth-order valence-corrected chi connectivity index (χ4v) is 2.74. The van der Waals surface area contributed by atoms with Crippen molar-refractivity contribution >= 4 is 21.4 Å². The SMILES string of the molecule is CCC(N)CCc1cccc2ccsc12. The standard InChI is InChI=1S/C13H17NS/c1-2-12(14)7-6-10-4-3-5-11-8-9-15-13(10)11/h3-5,8-9,12H,2,6-7,14H2,1H3. The molecule has 2 aromatic rings. The first kappa shape index (κ1) is 10.7. The maximum Gasteiger partial charge on any atom is 0.0374 e. The van der Waals surface area contributed by atoms with Crippen molar-refractivity contribution in [2.45, 2.75) is 32.2 Å². The summed E-state index contributed by atoms with van der Waals surface area (Å²) in [4.78, 5) is 0. The molecule has 1 unspecified atom stereocenters. The lowest BCUT2D eigenvalue weighted by molar-refractivity contribution is 0.597. The summed E-state index contributed by atoms with van der Waals surface area (Å²) in [6.07, 6.45) is 3.26. The summed E-state index contributed by atoms with van der Waals surface area (Å²) >= 11 is 1.83. The van der Waals surface area contributed by atoms with Gasteiger partial charge >= 0.3 is 0 Å². The van der Waals surface area contributed by atoms with Crippen molar-refractivity contribution in [3.8, 4) is 0 Å². The van der Waals surface area contributed by atoms with Crippen LogP contribution in [0.4, 0.5) is 0 Å². The van der Waals surface area contributed by atoms with Crippen LogP contribution in [0.2, 0.25) is 0 Å². The number of thiophene rings is 1. The van der Waals surface area contributed by atoms with Crippen molar-refractivity contribution in [2.75, 3.05) is 0 Å². The van der Waals surface area contributed by atoms with Gasteiger partial charge in [-0.3, -0.25) is 0 Å². The molecule has 0 fully saturated rings. The average Bonchev–Trinajstić information content (AvgIpc) is 2.74. The lowest BCUT2D eigenvalue weighted by Crippen LogP contribution is -2.19. The van der Waals surface area contributed by atoms with Gasteiger partial charge in [-0.25, -0.2) is 0 Å². The fraction of sp³-hybridized carbons (Fsp3) is 0.385. The Kier molecular flexibility index (Phi) is 3.39. The molecule has 0 aliphatic heterocycles. The molecule has 1 heterocycles. The second kappa shape index (κ2) is 4.77. The zero-order valence-electron chi connectivity index (χ0n) is 9.07. The lowest BCUT2D eigenvalue weighted by Gasteiger charge is -2.08. The van der Waals surface area contributed by atoms with Crippen molar-refractivity contribution in [3.05, 3.63) is 35.2 Å². The number of fused-ring (bicyclic) bond motifs is 1. The van der Waals surface area contributed by atoms with Crippen LogP contribution in [0.25, 0.3) is 10.1 Å². The second-order valence-corrected chi connectivity index (χ2v) is 4.88. The highest BCUT2D eigenvalue weighted by Gasteiger charge is 2.04. The van der Waals surface area contributed by atoms with Gasteiger partial charge in [0.05, 0.1) is 0 Å². The van der Waals surface area contributed by atoms with Gasteiger partial charge in [0, 0.05) is 10.7 Å². The van der Waals surface area contributed by atoms with Crippen molar-refractivity contribution in [2.24, 2.45) is 5.73 Å². The third-order valence-corrected chi connectivity index (χ3v) is 3.88. The Balaban J connectivity index is 2.17. The predicted octanol–water partition coefficient (Wildman–Crippen LogP) is 3.57. The Labute approximate surface area is 94.9 Å². The van der Waals surface area contributed by atoms with E-state index in [1.165, 1.54) is 15.6 Å². The summed E-state index contributed by atoms with van der Waals surface area (Å²) in [5.41, 5.74) is 7.39. The highest BCUT2D eigenvalue weighted by atomic mass is 32.1. The average molecular weight is 219 g/mol. The van der Waals surface area contributed by atoms with Crippen molar-refractivity contribution < 1.29 is 0 Å². The van der Waals surface area contributed by atoms with Gasteiger partial charge in [0.1, 0.15) is 0 Å². The third-order valence-electron chi connectivity index (χ3n) is 2.87. The van der Waals surface area contributed by atoms with E-state index in [2.05, 4.69) is 36.6 Å². The Morgan fingerprint density at radius 1 is 1.33 bits per heavy atom. The Morgan fingerprint density at radius 2 is 2.20 bits per heavy atom. The molecule has 1 nitrogen and oxygen atoms in total. The molecule has 2 rings (SSSR count). The minimum absolute atomic E-state index is 0.347. The Hall–Kier alpha value is -0.860. The zero-order chi connectivity index (χ0) is 10.7. The van der Waals surface area contributed by atoms with Crippen molar-refractivity contribution in [3.63, 3.8) is 0 Å². The summed E-state index contributed by atoms with van der Waals surface area (Å²) in [7, 11) is 0. The monoisotopic (exact) mass is 219 g/mol. The summed E-state index contributed by atoms with van der Waals surface area (Å²) < 4.78 is 1.43. The minimum atomic E-state index is 0.347. The van der Waals surface area contributed by atoms with Crippen LogP contribution in [0.15, 0.2) is 29.6 Å². The van der Waals surface area contributed by atoms with Crippen LogP contribution in [0, 0.1) is 0 Å². The van der Waals surface area contributed by atoms with Crippen LogP contribution in [0.3, 0.4) is 0 Å². The topological polar surface area (TPSA) is 26.0 Å². The maximum absolute atomic E-state index is 5.94. The van der Waals surface area contributed by atoms with E-state index in [4.69, 9.17) is 5.73 Å². The molecule has 0 aliphatic rings. The first-order valence-corrected chi connectivity index (χ1v) is 6.40. The van der Waals surface area contributed by atoms with Crippen LogP contribution < -0.4 is 5.73 Å². The molecular formula is C13H17NS. The molecule has 0 spiro atoms. The maximum atomic E-state index is 5.94. The first-order chi connectivity index (χ1) is 7.31. The second-order valence-electron chi connectivity index (χ2n) is 3.96. The van der Waals surface area contributed by atoms with Gasteiger partial charge in [-0.1, -0.05) is 25.1 Å². The number of nitrogens with two attached hydrogens (primary N) is 1. The molecule has 1 atom stereocenters. The Morgan fingerprint density at radius 3 is 3.00 bits per heavy atom.